The lowest BCUT2D eigenvalue weighted by Crippen LogP contribution is -2.61. The number of hydrogen-bond donors (Lipinski definition) is 0. The van der Waals surface area contributed by atoms with E-state index in [0.717, 1.165) is 0 Å². The average Bonchev–Trinajstić information content (AvgIpc) is 4.00. The van der Waals surface area contributed by atoms with Crippen LogP contribution in [0, 0.1) is 6.92 Å². The van der Waals surface area contributed by atoms with Crippen LogP contribution in [0.1, 0.15) is 84.6 Å². The van der Waals surface area contributed by atoms with Crippen molar-refractivity contribution in [3.63, 3.8) is 0 Å². The van der Waals surface area contributed by atoms with E-state index in [9.17, 15) is 0 Å². The van der Waals surface area contributed by atoms with Crippen molar-refractivity contribution in [1.82, 2.24) is 4.57 Å². The van der Waals surface area contributed by atoms with E-state index in [1.807, 2.05) is 22.7 Å². The molecule has 0 amide bonds. The van der Waals surface area contributed by atoms with E-state index < -0.39 is 0 Å². The maximum Gasteiger partial charge on any atom is 0.264 e. The predicted octanol–water partition coefficient (Wildman–Crippen LogP) is 16.6. The normalized spacial score (nSPS) is 14.1. The SMILES string of the molecule is Cc1cc2c3c(c1)N1c4c(cc(C(C)(C)C)cc4-n4c5ccc(C(C)(C)C)cc5c5cc(C(C)(C)C)cc1c54)B3c1sc3ccc(-c4ccccc4)cc3c1N2c1cccc2c1sc1ccccc12. The maximum atomic E-state index is 2.71. The van der Waals surface area contributed by atoms with Crippen LogP contribution < -0.4 is 25.5 Å². The highest BCUT2D eigenvalue weighted by Crippen LogP contribution is 2.56. The Morgan fingerprint density at radius 1 is 0.435 bits per heavy atom. The summed E-state index contributed by atoms with van der Waals surface area (Å²) in [4.78, 5) is 5.41. The molecule has 0 unspecified atom stereocenters. The summed E-state index contributed by atoms with van der Waals surface area (Å²) in [5.74, 6) is 0. The molecule has 3 aliphatic heterocycles. The standard InChI is InChI=1S/C63H54BN3S2/c1-35-27-49-55-50(28-35)67-51-33-39(62(5,6)7)31-44-43-30-38(61(2,3)4)24-25-47(43)65(56(44)51)52-34-40(63(8,9)10)32-46(58(52)67)64(55)60-57(45-29-37(23-26-54(45)69-60)36-17-12-11-13-18-36)66(49)48-21-16-20-42-41-19-14-15-22-53(41)68-59(42)48/h11-34H,1-10H3. The van der Waals surface area contributed by atoms with Gasteiger partial charge in [-0.2, -0.15) is 0 Å². The van der Waals surface area contributed by atoms with Crippen LogP contribution in [0.2, 0.25) is 0 Å². The number of anilines is 6. The Labute approximate surface area is 413 Å². The van der Waals surface area contributed by atoms with Crippen molar-refractivity contribution in [3.8, 4) is 16.8 Å². The Balaban J connectivity index is 1.16. The van der Waals surface area contributed by atoms with Gasteiger partial charge in [-0.15, -0.1) is 22.7 Å². The van der Waals surface area contributed by atoms with Gasteiger partial charge in [-0.25, -0.2) is 0 Å². The molecule has 3 aliphatic rings. The molecule has 8 aromatic carbocycles. The fraction of sp³-hybridized carbons (Fsp3) is 0.206. The minimum Gasteiger partial charge on any atom is -0.309 e. The number of hydrogen-bond acceptors (Lipinski definition) is 4. The van der Waals surface area contributed by atoms with Crippen molar-refractivity contribution in [2.24, 2.45) is 0 Å². The summed E-state index contributed by atoms with van der Waals surface area (Å²) in [5.41, 5.74) is 21.9. The van der Waals surface area contributed by atoms with Crippen LogP contribution in [0.3, 0.4) is 0 Å². The molecule has 6 heterocycles. The van der Waals surface area contributed by atoms with E-state index in [1.165, 1.54) is 141 Å². The van der Waals surface area contributed by atoms with Gasteiger partial charge in [-0.05, 0) is 134 Å². The molecule has 0 fully saturated rings. The Morgan fingerprint density at radius 3 is 1.84 bits per heavy atom. The van der Waals surface area contributed by atoms with E-state index in [1.54, 1.807) is 0 Å². The van der Waals surface area contributed by atoms with Gasteiger partial charge >= 0.3 is 0 Å². The van der Waals surface area contributed by atoms with Crippen molar-refractivity contribution in [2.45, 2.75) is 85.5 Å². The molecule has 0 radical (unpaired) electrons. The Morgan fingerprint density at radius 2 is 1.09 bits per heavy atom. The van der Waals surface area contributed by atoms with E-state index >= 15 is 0 Å². The van der Waals surface area contributed by atoms with Gasteiger partial charge in [0, 0.05) is 52.5 Å². The number of rotatable bonds is 2. The largest absolute Gasteiger partial charge is 0.309 e. The third kappa shape index (κ3) is 5.73. The van der Waals surface area contributed by atoms with Crippen LogP contribution in [0.25, 0.3) is 68.9 Å². The second-order valence-electron chi connectivity index (χ2n) is 23.1. The van der Waals surface area contributed by atoms with Crippen LogP contribution >= 0.6 is 22.7 Å². The average molecular weight is 928 g/mol. The lowest BCUT2D eigenvalue weighted by Gasteiger charge is -2.46. The monoisotopic (exact) mass is 927 g/mol. The van der Waals surface area contributed by atoms with Gasteiger partial charge in [0.25, 0.3) is 6.71 Å². The van der Waals surface area contributed by atoms with Crippen molar-refractivity contribution in [3.05, 3.63) is 168 Å². The molecule has 3 aromatic heterocycles. The number of nitrogens with zero attached hydrogens (tertiary/aromatic N) is 3. The lowest BCUT2D eigenvalue weighted by molar-refractivity contribution is 0.590. The molecule has 11 aromatic rings. The second-order valence-corrected chi connectivity index (χ2v) is 25.2. The van der Waals surface area contributed by atoms with Crippen LogP contribution in [0.15, 0.2) is 146 Å². The lowest BCUT2D eigenvalue weighted by atomic mass is 9.35. The number of aromatic nitrogens is 1. The third-order valence-electron chi connectivity index (χ3n) is 15.5. The molecule has 0 N–H and O–H groups in total. The minimum atomic E-state index is -0.101. The molecule has 0 saturated heterocycles. The number of aryl methyl sites for hydroxylation is 1. The van der Waals surface area contributed by atoms with Gasteiger partial charge in [-0.3, -0.25) is 0 Å². The molecule has 6 heteroatoms. The number of thiophene rings is 2. The smallest absolute Gasteiger partial charge is 0.264 e. The Kier molecular flexibility index (Phi) is 8.28. The van der Waals surface area contributed by atoms with Gasteiger partial charge in [0.1, 0.15) is 0 Å². The summed E-state index contributed by atoms with van der Waals surface area (Å²) >= 11 is 3.92. The highest BCUT2D eigenvalue weighted by molar-refractivity contribution is 7.34. The van der Waals surface area contributed by atoms with E-state index in [0.29, 0.717) is 0 Å². The zero-order chi connectivity index (χ0) is 47.2. The maximum absolute atomic E-state index is 2.71. The van der Waals surface area contributed by atoms with Crippen LogP contribution in [-0.4, -0.2) is 11.3 Å². The minimum absolute atomic E-state index is 0.00509. The molecule has 69 heavy (non-hydrogen) atoms. The van der Waals surface area contributed by atoms with Gasteiger partial charge in [0.2, 0.25) is 0 Å². The summed E-state index contributed by atoms with van der Waals surface area (Å²) in [7, 11) is 0. The topological polar surface area (TPSA) is 11.4 Å². The summed E-state index contributed by atoms with van der Waals surface area (Å²) in [6, 6.07) is 56.6. The first-order valence-corrected chi connectivity index (χ1v) is 26.3. The van der Waals surface area contributed by atoms with E-state index in [-0.39, 0.29) is 23.0 Å². The molecule has 336 valence electrons. The van der Waals surface area contributed by atoms with Crippen LogP contribution in [-0.2, 0) is 16.2 Å². The van der Waals surface area contributed by atoms with E-state index in [2.05, 4.69) is 229 Å². The molecular formula is C63H54BN3S2. The Bertz CT molecular complexity index is 4050. The summed E-state index contributed by atoms with van der Waals surface area (Å²) < 4.78 is 8.02. The van der Waals surface area contributed by atoms with Gasteiger partial charge in [-0.1, -0.05) is 141 Å². The molecular weight excluding hydrogens is 874 g/mol. The zero-order valence-corrected chi connectivity index (χ0v) is 42.7. The first-order valence-electron chi connectivity index (χ1n) is 24.6. The van der Waals surface area contributed by atoms with Crippen molar-refractivity contribution in [1.29, 1.82) is 0 Å². The van der Waals surface area contributed by atoms with Crippen LogP contribution in [0.5, 0.6) is 0 Å². The molecule has 0 aliphatic carbocycles. The fourth-order valence-electron chi connectivity index (χ4n) is 12.0. The molecule has 0 bridgehead atoms. The van der Waals surface area contributed by atoms with Crippen molar-refractivity contribution >= 4 is 131 Å². The molecule has 0 saturated carbocycles. The fourth-order valence-corrected chi connectivity index (χ4v) is 14.5. The number of benzene rings is 8. The highest BCUT2D eigenvalue weighted by Gasteiger charge is 2.49. The third-order valence-corrected chi connectivity index (χ3v) is 18.0. The summed E-state index contributed by atoms with van der Waals surface area (Å²) in [6.07, 6.45) is 0. The van der Waals surface area contributed by atoms with Crippen molar-refractivity contribution in [2.75, 3.05) is 9.80 Å². The quantitative estimate of drug-likeness (QED) is 0.160. The predicted molar refractivity (Wildman–Crippen MR) is 303 cm³/mol. The summed E-state index contributed by atoms with van der Waals surface area (Å²) in [6.45, 7) is 23.6. The molecule has 3 nitrogen and oxygen atoms in total. The highest BCUT2D eigenvalue weighted by atomic mass is 32.1. The molecule has 0 spiro atoms. The van der Waals surface area contributed by atoms with Gasteiger partial charge < -0.3 is 14.4 Å². The van der Waals surface area contributed by atoms with Crippen LogP contribution in [0.4, 0.5) is 34.1 Å². The summed E-state index contributed by atoms with van der Waals surface area (Å²) in [5, 5.41) is 6.59. The first kappa shape index (κ1) is 41.4. The van der Waals surface area contributed by atoms with E-state index in [4.69, 9.17) is 0 Å². The zero-order valence-electron chi connectivity index (χ0n) is 41.1. The number of fused-ring (bicyclic) bond motifs is 14. The van der Waals surface area contributed by atoms with Gasteiger partial charge in [0.05, 0.1) is 44.2 Å². The molecule has 14 rings (SSSR count). The first-order chi connectivity index (χ1) is 33.0. The Hall–Kier alpha value is -6.60. The molecule has 0 atom stereocenters. The van der Waals surface area contributed by atoms with Gasteiger partial charge in [0.15, 0.2) is 0 Å². The second kappa shape index (κ2) is 13.8. The van der Waals surface area contributed by atoms with Crippen molar-refractivity contribution < 1.29 is 0 Å².